The number of aromatic nitrogens is 4. The lowest BCUT2D eigenvalue weighted by Gasteiger charge is -2.10. The summed E-state index contributed by atoms with van der Waals surface area (Å²) < 4.78 is 6.92. The maximum Gasteiger partial charge on any atom is 0.234 e. The number of anilines is 1. The van der Waals surface area contributed by atoms with Gasteiger partial charge >= 0.3 is 0 Å². The normalized spacial score (nSPS) is 10.7. The molecule has 22 heavy (non-hydrogen) atoms. The number of amides is 1. The van der Waals surface area contributed by atoms with Crippen LogP contribution in [-0.4, -0.2) is 39.0 Å². The first-order valence-corrected chi connectivity index (χ1v) is 7.90. The van der Waals surface area contributed by atoms with Crippen molar-refractivity contribution in [2.24, 2.45) is 5.92 Å². The van der Waals surface area contributed by atoms with Crippen LogP contribution in [0.2, 0.25) is 0 Å². The fourth-order valence-electron chi connectivity index (χ4n) is 1.82. The molecular weight excluding hydrogens is 302 g/mol. The summed E-state index contributed by atoms with van der Waals surface area (Å²) in [4.78, 5) is 12.0. The number of carbonyl (C=O) groups is 1. The highest BCUT2D eigenvalue weighted by atomic mass is 32.2. The molecule has 7 nitrogen and oxygen atoms in total. The summed E-state index contributed by atoms with van der Waals surface area (Å²) in [6, 6.07) is 7.29. The third-order valence-corrected chi connectivity index (χ3v) is 3.71. The van der Waals surface area contributed by atoms with Gasteiger partial charge in [-0.3, -0.25) is 4.79 Å². The van der Waals surface area contributed by atoms with Crippen LogP contribution in [0.5, 0.6) is 5.75 Å². The molecule has 0 radical (unpaired) electrons. The first-order chi connectivity index (χ1) is 10.6. The Labute approximate surface area is 133 Å². The monoisotopic (exact) mass is 321 g/mol. The molecule has 1 amide bonds. The smallest absolute Gasteiger partial charge is 0.234 e. The number of para-hydroxylation sites is 2. The van der Waals surface area contributed by atoms with Gasteiger partial charge in [-0.2, -0.15) is 0 Å². The van der Waals surface area contributed by atoms with Gasteiger partial charge < -0.3 is 10.1 Å². The highest BCUT2D eigenvalue weighted by Crippen LogP contribution is 2.23. The van der Waals surface area contributed by atoms with Gasteiger partial charge in [-0.05, 0) is 28.5 Å². The Morgan fingerprint density at radius 2 is 2.18 bits per heavy atom. The number of hydrogen-bond acceptors (Lipinski definition) is 6. The molecule has 118 valence electrons. The van der Waals surface area contributed by atoms with Crippen molar-refractivity contribution < 1.29 is 9.53 Å². The van der Waals surface area contributed by atoms with Crippen LogP contribution < -0.4 is 10.1 Å². The average Bonchev–Trinajstić information content (AvgIpc) is 2.92. The maximum atomic E-state index is 12.0. The molecule has 2 rings (SSSR count). The Morgan fingerprint density at radius 3 is 2.91 bits per heavy atom. The van der Waals surface area contributed by atoms with Crippen LogP contribution in [0.15, 0.2) is 29.4 Å². The minimum Gasteiger partial charge on any atom is -0.495 e. The molecule has 0 fully saturated rings. The molecule has 0 saturated carbocycles. The first kappa shape index (κ1) is 16.3. The Bertz CT molecular complexity index is 629. The summed E-state index contributed by atoms with van der Waals surface area (Å²) in [5, 5.41) is 15.0. The van der Waals surface area contributed by atoms with Gasteiger partial charge in [0.2, 0.25) is 11.1 Å². The standard InChI is InChI=1S/C14H19N5O2S/c1-10(2)8-19-14(16-17-18-19)22-9-13(20)15-11-6-4-5-7-12(11)21-3/h4-7,10H,8-9H2,1-3H3,(H,15,20). The van der Waals surface area contributed by atoms with Crippen LogP contribution >= 0.6 is 11.8 Å². The van der Waals surface area contributed by atoms with Gasteiger partial charge in [0.15, 0.2) is 0 Å². The van der Waals surface area contributed by atoms with E-state index in [0.29, 0.717) is 22.5 Å². The van der Waals surface area contributed by atoms with Crippen molar-refractivity contribution in [3.63, 3.8) is 0 Å². The number of benzene rings is 1. The summed E-state index contributed by atoms with van der Waals surface area (Å²) in [5.74, 6) is 1.17. The van der Waals surface area contributed by atoms with Gasteiger partial charge in [0.05, 0.1) is 18.6 Å². The number of thioether (sulfide) groups is 1. The van der Waals surface area contributed by atoms with E-state index in [0.717, 1.165) is 6.54 Å². The summed E-state index contributed by atoms with van der Waals surface area (Å²) in [5.41, 5.74) is 0.650. The minimum atomic E-state index is -0.131. The molecule has 0 unspecified atom stereocenters. The summed E-state index contributed by atoms with van der Waals surface area (Å²) in [6.07, 6.45) is 0. The van der Waals surface area contributed by atoms with E-state index >= 15 is 0 Å². The zero-order valence-corrected chi connectivity index (χ0v) is 13.6. The van der Waals surface area contributed by atoms with E-state index in [9.17, 15) is 4.79 Å². The molecule has 0 aliphatic carbocycles. The lowest BCUT2D eigenvalue weighted by atomic mass is 10.2. The van der Waals surface area contributed by atoms with Crippen LogP contribution in [0.4, 0.5) is 5.69 Å². The van der Waals surface area contributed by atoms with E-state index in [1.165, 1.54) is 11.8 Å². The van der Waals surface area contributed by atoms with Gasteiger partial charge in [-0.15, -0.1) is 5.10 Å². The van der Waals surface area contributed by atoms with Crippen molar-refractivity contribution in [2.45, 2.75) is 25.5 Å². The third-order valence-electron chi connectivity index (χ3n) is 2.75. The SMILES string of the molecule is COc1ccccc1NC(=O)CSc1nnnn1CC(C)C. The van der Waals surface area contributed by atoms with Crippen molar-refractivity contribution in [1.82, 2.24) is 20.2 Å². The number of carbonyl (C=O) groups excluding carboxylic acids is 1. The largest absolute Gasteiger partial charge is 0.495 e. The number of methoxy groups -OCH3 is 1. The molecule has 2 aromatic rings. The van der Waals surface area contributed by atoms with Crippen molar-refractivity contribution in [3.05, 3.63) is 24.3 Å². The van der Waals surface area contributed by atoms with E-state index in [1.54, 1.807) is 23.9 Å². The fourth-order valence-corrected chi connectivity index (χ4v) is 2.51. The van der Waals surface area contributed by atoms with Crippen LogP contribution in [-0.2, 0) is 11.3 Å². The van der Waals surface area contributed by atoms with E-state index in [1.807, 2.05) is 12.1 Å². The molecule has 0 spiro atoms. The van der Waals surface area contributed by atoms with Crippen molar-refractivity contribution in [1.29, 1.82) is 0 Å². The number of tetrazole rings is 1. The fraction of sp³-hybridized carbons (Fsp3) is 0.429. The predicted molar refractivity (Wildman–Crippen MR) is 85.0 cm³/mol. The second kappa shape index (κ2) is 7.79. The number of nitrogens with one attached hydrogen (secondary N) is 1. The van der Waals surface area contributed by atoms with Crippen LogP contribution in [0, 0.1) is 5.92 Å². The Balaban J connectivity index is 1.92. The Hall–Kier alpha value is -2.09. The molecule has 0 bridgehead atoms. The van der Waals surface area contributed by atoms with Gasteiger partial charge in [0.1, 0.15) is 5.75 Å². The Kier molecular flexibility index (Phi) is 5.76. The molecular formula is C14H19N5O2S. The van der Waals surface area contributed by atoms with Crippen molar-refractivity contribution in [3.8, 4) is 5.75 Å². The molecule has 0 aliphatic heterocycles. The van der Waals surface area contributed by atoms with Crippen molar-refractivity contribution >= 4 is 23.4 Å². The zero-order valence-electron chi connectivity index (χ0n) is 12.8. The number of hydrogen-bond donors (Lipinski definition) is 1. The van der Waals surface area contributed by atoms with E-state index in [4.69, 9.17) is 4.74 Å². The lowest BCUT2D eigenvalue weighted by Crippen LogP contribution is -2.15. The van der Waals surface area contributed by atoms with Gasteiger partial charge in [0.25, 0.3) is 0 Å². The van der Waals surface area contributed by atoms with Gasteiger partial charge in [0, 0.05) is 6.54 Å². The van der Waals surface area contributed by atoms with Crippen LogP contribution in [0.25, 0.3) is 0 Å². The molecule has 8 heteroatoms. The first-order valence-electron chi connectivity index (χ1n) is 6.92. The molecule has 0 aliphatic rings. The second-order valence-corrected chi connectivity index (χ2v) is 6.02. The van der Waals surface area contributed by atoms with Crippen molar-refractivity contribution in [2.75, 3.05) is 18.2 Å². The number of rotatable bonds is 7. The predicted octanol–water partition coefficient (Wildman–Crippen LogP) is 2.07. The topological polar surface area (TPSA) is 81.9 Å². The van der Waals surface area contributed by atoms with E-state index in [-0.39, 0.29) is 11.7 Å². The van der Waals surface area contributed by atoms with Gasteiger partial charge in [-0.25, -0.2) is 4.68 Å². The molecule has 1 N–H and O–H groups in total. The zero-order chi connectivity index (χ0) is 15.9. The number of ether oxygens (including phenoxy) is 1. The van der Waals surface area contributed by atoms with Gasteiger partial charge in [-0.1, -0.05) is 37.7 Å². The molecule has 1 aromatic heterocycles. The number of nitrogens with zero attached hydrogens (tertiary/aromatic N) is 4. The van der Waals surface area contributed by atoms with Crippen LogP contribution in [0.1, 0.15) is 13.8 Å². The minimum absolute atomic E-state index is 0.131. The van der Waals surface area contributed by atoms with Crippen LogP contribution in [0.3, 0.4) is 0 Å². The molecule has 0 saturated heterocycles. The second-order valence-electron chi connectivity index (χ2n) is 5.07. The summed E-state index contributed by atoms with van der Waals surface area (Å²) in [6.45, 7) is 4.90. The Morgan fingerprint density at radius 1 is 1.41 bits per heavy atom. The lowest BCUT2D eigenvalue weighted by molar-refractivity contribution is -0.113. The highest BCUT2D eigenvalue weighted by Gasteiger charge is 2.12. The van der Waals surface area contributed by atoms with E-state index < -0.39 is 0 Å². The average molecular weight is 321 g/mol. The van der Waals surface area contributed by atoms with E-state index in [2.05, 4.69) is 34.7 Å². The quantitative estimate of drug-likeness (QED) is 0.786. The highest BCUT2D eigenvalue weighted by molar-refractivity contribution is 7.99. The third kappa shape index (κ3) is 4.45. The maximum absolute atomic E-state index is 12.0. The molecule has 1 heterocycles. The molecule has 0 atom stereocenters. The molecule has 1 aromatic carbocycles. The summed E-state index contributed by atoms with van der Waals surface area (Å²) >= 11 is 1.31. The summed E-state index contributed by atoms with van der Waals surface area (Å²) in [7, 11) is 1.57.